The van der Waals surface area contributed by atoms with Crippen molar-refractivity contribution in [2.45, 2.75) is 26.4 Å². The molecule has 0 fully saturated rings. The van der Waals surface area contributed by atoms with Crippen molar-refractivity contribution in [3.05, 3.63) is 23.5 Å². The molecule has 2 rings (SSSR count). The molecule has 2 aromatic rings. The van der Waals surface area contributed by atoms with Crippen LogP contribution in [0.3, 0.4) is 0 Å². The molecule has 0 atom stereocenters. The van der Waals surface area contributed by atoms with E-state index < -0.39 is 17.5 Å². The molecule has 1 aromatic carbocycles. The lowest BCUT2D eigenvalue weighted by Gasteiger charge is -2.25. The Balaban J connectivity index is 2.56. The summed E-state index contributed by atoms with van der Waals surface area (Å²) in [4.78, 5) is 16.1. The number of halogens is 1. The van der Waals surface area contributed by atoms with Gasteiger partial charge < -0.3 is 15.5 Å². The van der Waals surface area contributed by atoms with Crippen LogP contribution in [-0.2, 0) is 4.74 Å². The second kappa shape index (κ2) is 5.22. The number of hydrogen-bond acceptors (Lipinski definition) is 4. The number of benzene rings is 1. The first-order chi connectivity index (χ1) is 10.1. The number of fused-ring (bicyclic) bond motifs is 1. The minimum Gasteiger partial charge on any atom is -0.443 e. The third-order valence-electron chi connectivity index (χ3n) is 3.02. The fraction of sp³-hybridized carbons (Fsp3) is 0.333. The molecular weight excluding hydrogens is 287 g/mol. The smallest absolute Gasteiger partial charge is 0.414 e. The molecule has 0 saturated heterocycles. The van der Waals surface area contributed by atoms with Gasteiger partial charge in [0.05, 0.1) is 11.2 Å². The van der Waals surface area contributed by atoms with E-state index in [0.29, 0.717) is 10.9 Å². The van der Waals surface area contributed by atoms with Gasteiger partial charge in [-0.3, -0.25) is 4.90 Å². The lowest BCUT2D eigenvalue weighted by molar-refractivity contribution is 0.0589. The molecule has 0 saturated carbocycles. The average Bonchev–Trinajstić information content (AvgIpc) is 2.70. The highest BCUT2D eigenvalue weighted by molar-refractivity contribution is 6.03. The highest BCUT2D eigenvalue weighted by atomic mass is 19.1. The number of aromatic amines is 1. The molecule has 0 bridgehead atoms. The van der Waals surface area contributed by atoms with E-state index in [9.17, 15) is 9.18 Å². The summed E-state index contributed by atoms with van der Waals surface area (Å²) in [6.07, 6.45) is -0.633. The summed E-state index contributed by atoms with van der Waals surface area (Å²) in [6, 6.07) is 4.31. The minimum atomic E-state index is -0.676. The van der Waals surface area contributed by atoms with Crippen molar-refractivity contribution in [1.82, 2.24) is 4.98 Å². The number of hydrogen-bond donors (Lipinski definition) is 2. The van der Waals surface area contributed by atoms with Crippen molar-refractivity contribution >= 4 is 28.5 Å². The third kappa shape index (κ3) is 2.81. The van der Waals surface area contributed by atoms with Gasteiger partial charge in [-0.25, -0.2) is 9.18 Å². The molecule has 1 amide bonds. The van der Waals surface area contributed by atoms with Gasteiger partial charge in [-0.2, -0.15) is 5.26 Å². The molecule has 0 aliphatic carbocycles. The number of nitrogens with one attached hydrogen (secondary N) is 1. The normalized spacial score (nSPS) is 11.3. The quantitative estimate of drug-likeness (QED) is 0.846. The fourth-order valence-electron chi connectivity index (χ4n) is 2.08. The lowest BCUT2D eigenvalue weighted by atomic mass is 10.1. The Labute approximate surface area is 127 Å². The average molecular weight is 304 g/mol. The van der Waals surface area contributed by atoms with E-state index in [-0.39, 0.29) is 17.1 Å². The predicted octanol–water partition coefficient (Wildman–Crippen LogP) is 3.13. The first kappa shape index (κ1) is 15.6. The zero-order chi connectivity index (χ0) is 16.7. The van der Waals surface area contributed by atoms with Crippen molar-refractivity contribution in [2.75, 3.05) is 17.7 Å². The molecular formula is C15H17FN4O2. The molecule has 0 spiro atoms. The molecule has 0 aliphatic heterocycles. The summed E-state index contributed by atoms with van der Waals surface area (Å²) in [5, 5.41) is 9.43. The van der Waals surface area contributed by atoms with Gasteiger partial charge in [-0.1, -0.05) is 0 Å². The summed E-state index contributed by atoms with van der Waals surface area (Å²) in [7, 11) is 1.46. The minimum absolute atomic E-state index is 0.127. The van der Waals surface area contributed by atoms with E-state index in [1.807, 2.05) is 6.07 Å². The molecule has 1 aromatic heterocycles. The lowest BCUT2D eigenvalue weighted by Crippen LogP contribution is -2.34. The second-order valence-corrected chi connectivity index (χ2v) is 5.91. The Kier molecular flexibility index (Phi) is 3.71. The molecule has 0 aliphatic rings. The number of ether oxygens (including phenoxy) is 1. The second-order valence-electron chi connectivity index (χ2n) is 5.91. The third-order valence-corrected chi connectivity index (χ3v) is 3.02. The zero-order valence-electron chi connectivity index (χ0n) is 12.8. The topological polar surface area (TPSA) is 95.1 Å². The van der Waals surface area contributed by atoms with Crippen LogP contribution in [0.1, 0.15) is 26.3 Å². The number of nitrogens with two attached hydrogens (primary N) is 1. The van der Waals surface area contributed by atoms with Crippen LogP contribution in [0.25, 0.3) is 10.9 Å². The van der Waals surface area contributed by atoms with Crippen LogP contribution in [-0.4, -0.2) is 23.7 Å². The molecule has 3 N–H and O–H groups in total. The van der Waals surface area contributed by atoms with Crippen molar-refractivity contribution < 1.29 is 13.9 Å². The number of carbonyl (C=O) groups is 1. The van der Waals surface area contributed by atoms with Crippen LogP contribution in [0.15, 0.2) is 12.1 Å². The van der Waals surface area contributed by atoms with Crippen molar-refractivity contribution in [2.24, 2.45) is 0 Å². The molecule has 7 heteroatoms. The first-order valence-electron chi connectivity index (χ1n) is 6.61. The SMILES string of the molecule is CN(C(=O)OC(C)(C)C)c1cc(F)cc2c(C#N)c(N)[nH]c12. The number of rotatable bonds is 1. The number of carbonyl (C=O) groups excluding carboxylic acids is 1. The summed E-state index contributed by atoms with van der Waals surface area (Å²) in [6.45, 7) is 5.21. The van der Waals surface area contributed by atoms with E-state index in [4.69, 9.17) is 15.7 Å². The van der Waals surface area contributed by atoms with Gasteiger partial charge in [0.1, 0.15) is 28.9 Å². The van der Waals surface area contributed by atoms with Crippen molar-refractivity contribution in [1.29, 1.82) is 5.26 Å². The number of amides is 1. The Morgan fingerprint density at radius 1 is 1.45 bits per heavy atom. The maximum absolute atomic E-state index is 13.8. The molecule has 22 heavy (non-hydrogen) atoms. The van der Waals surface area contributed by atoms with Gasteiger partial charge in [0.15, 0.2) is 0 Å². The monoisotopic (exact) mass is 304 g/mol. The summed E-state index contributed by atoms with van der Waals surface area (Å²) in [5.41, 5.74) is 5.85. The van der Waals surface area contributed by atoms with Crippen LogP contribution in [0.5, 0.6) is 0 Å². The van der Waals surface area contributed by atoms with Gasteiger partial charge >= 0.3 is 6.09 Å². The Morgan fingerprint density at radius 2 is 2.09 bits per heavy atom. The number of nitrogen functional groups attached to an aromatic ring is 1. The molecule has 1 heterocycles. The molecule has 116 valence electrons. The van der Waals surface area contributed by atoms with Gasteiger partial charge in [-0.15, -0.1) is 0 Å². The molecule has 0 unspecified atom stereocenters. The van der Waals surface area contributed by atoms with E-state index in [1.54, 1.807) is 20.8 Å². The van der Waals surface area contributed by atoms with Crippen molar-refractivity contribution in [3.8, 4) is 6.07 Å². The van der Waals surface area contributed by atoms with E-state index >= 15 is 0 Å². The Hall–Kier alpha value is -2.75. The van der Waals surface area contributed by atoms with Crippen LogP contribution in [0, 0.1) is 17.1 Å². The van der Waals surface area contributed by atoms with E-state index in [1.165, 1.54) is 24.1 Å². The van der Waals surface area contributed by atoms with Gasteiger partial charge in [0, 0.05) is 12.4 Å². The highest BCUT2D eigenvalue weighted by Crippen LogP contribution is 2.32. The number of nitrogens with zero attached hydrogens (tertiary/aromatic N) is 2. The standard InChI is InChI=1S/C15H17FN4O2/c1-15(2,3)22-14(21)20(4)11-6-8(16)5-9-10(7-17)13(18)19-12(9)11/h5-6,19H,18H2,1-4H3. The fourth-order valence-corrected chi connectivity index (χ4v) is 2.08. The predicted molar refractivity (Wildman–Crippen MR) is 82.0 cm³/mol. The number of anilines is 2. The van der Waals surface area contributed by atoms with E-state index in [2.05, 4.69) is 4.98 Å². The summed E-state index contributed by atoms with van der Waals surface area (Å²) >= 11 is 0. The highest BCUT2D eigenvalue weighted by Gasteiger charge is 2.24. The van der Waals surface area contributed by atoms with Crippen LogP contribution < -0.4 is 10.6 Å². The molecule has 6 nitrogen and oxygen atoms in total. The zero-order valence-corrected chi connectivity index (χ0v) is 12.8. The maximum Gasteiger partial charge on any atom is 0.414 e. The largest absolute Gasteiger partial charge is 0.443 e. The van der Waals surface area contributed by atoms with Crippen molar-refractivity contribution in [3.63, 3.8) is 0 Å². The van der Waals surface area contributed by atoms with Crippen LogP contribution in [0.2, 0.25) is 0 Å². The maximum atomic E-state index is 13.8. The molecule has 0 radical (unpaired) electrons. The first-order valence-corrected chi connectivity index (χ1v) is 6.61. The van der Waals surface area contributed by atoms with Crippen LogP contribution in [0.4, 0.5) is 20.7 Å². The number of nitriles is 1. The number of H-pyrrole nitrogens is 1. The van der Waals surface area contributed by atoms with Gasteiger partial charge in [0.2, 0.25) is 0 Å². The van der Waals surface area contributed by atoms with Gasteiger partial charge in [-0.05, 0) is 32.9 Å². The van der Waals surface area contributed by atoms with Crippen LogP contribution >= 0.6 is 0 Å². The Morgan fingerprint density at radius 3 is 2.64 bits per heavy atom. The van der Waals surface area contributed by atoms with E-state index in [0.717, 1.165) is 0 Å². The Bertz CT molecular complexity index is 783. The number of aromatic nitrogens is 1. The summed E-state index contributed by atoms with van der Waals surface area (Å²) < 4.78 is 19.1. The van der Waals surface area contributed by atoms with Gasteiger partial charge in [0.25, 0.3) is 0 Å². The summed E-state index contributed by atoms with van der Waals surface area (Å²) in [5.74, 6) is -0.449.